The molecule has 0 spiro atoms. The zero-order chi connectivity index (χ0) is 33.3. The van der Waals surface area contributed by atoms with Crippen molar-refractivity contribution in [2.45, 2.75) is 0 Å². The molecule has 50 heavy (non-hydrogen) atoms. The third-order valence-corrected chi connectivity index (χ3v) is 9.48. The summed E-state index contributed by atoms with van der Waals surface area (Å²) in [5, 5.41) is 4.96. The molecule has 0 saturated heterocycles. The van der Waals surface area contributed by atoms with Crippen molar-refractivity contribution in [1.29, 1.82) is 0 Å². The third kappa shape index (κ3) is 5.63. The van der Waals surface area contributed by atoms with Crippen LogP contribution in [0.2, 0.25) is 0 Å². The topological polar surface area (TPSA) is 25.8 Å². The van der Waals surface area contributed by atoms with Crippen molar-refractivity contribution in [3.8, 4) is 67.2 Å². The summed E-state index contributed by atoms with van der Waals surface area (Å²) >= 11 is 0. The van der Waals surface area contributed by atoms with Gasteiger partial charge in [-0.2, -0.15) is 0 Å². The highest BCUT2D eigenvalue weighted by molar-refractivity contribution is 6.14. The Kier molecular flexibility index (Phi) is 7.53. The highest BCUT2D eigenvalue weighted by Gasteiger charge is 2.15. The Morgan fingerprint density at radius 3 is 1.44 bits per heavy atom. The molecule has 2 heterocycles. The number of rotatable bonds is 6. The fourth-order valence-corrected chi connectivity index (χ4v) is 6.97. The van der Waals surface area contributed by atoms with Crippen LogP contribution in [0.15, 0.2) is 194 Å². The largest absolute Gasteiger partial charge is 0.256 e. The van der Waals surface area contributed by atoms with E-state index in [1.54, 1.807) is 0 Å². The summed E-state index contributed by atoms with van der Waals surface area (Å²) in [5.74, 6) is 0. The molecule has 0 N–H and O–H groups in total. The molecular weight excluding hydrogens is 605 g/mol. The molecule has 234 valence electrons. The minimum absolute atomic E-state index is 0.929. The van der Waals surface area contributed by atoms with Gasteiger partial charge in [0.2, 0.25) is 0 Å². The molecule has 9 rings (SSSR count). The summed E-state index contributed by atoms with van der Waals surface area (Å²) in [5.41, 5.74) is 12.9. The number of hydrogen-bond donors (Lipinski definition) is 0. The number of fused-ring (bicyclic) bond motifs is 3. The third-order valence-electron chi connectivity index (χ3n) is 9.48. The number of aromatic nitrogens is 2. The average Bonchev–Trinajstić information content (AvgIpc) is 3.21. The second kappa shape index (κ2) is 12.8. The van der Waals surface area contributed by atoms with Gasteiger partial charge in [0.25, 0.3) is 0 Å². The maximum atomic E-state index is 5.16. The van der Waals surface area contributed by atoms with Gasteiger partial charge in [-0.25, -0.2) is 4.98 Å². The quantitative estimate of drug-likeness (QED) is 0.170. The van der Waals surface area contributed by atoms with Gasteiger partial charge in [-0.3, -0.25) is 4.98 Å². The van der Waals surface area contributed by atoms with E-state index in [1.165, 1.54) is 27.1 Å². The number of pyridine rings is 2. The lowest BCUT2D eigenvalue weighted by Crippen LogP contribution is -1.93. The van der Waals surface area contributed by atoms with Gasteiger partial charge in [0, 0.05) is 28.5 Å². The molecule has 0 bridgehead atoms. The van der Waals surface area contributed by atoms with Crippen LogP contribution in [0.3, 0.4) is 0 Å². The lowest BCUT2D eigenvalue weighted by Gasteiger charge is -2.16. The Morgan fingerprint density at radius 1 is 0.280 bits per heavy atom. The molecule has 2 heteroatoms. The summed E-state index contributed by atoms with van der Waals surface area (Å²) in [6.07, 6.45) is 1.98. The van der Waals surface area contributed by atoms with Crippen molar-refractivity contribution < 1.29 is 0 Å². The highest BCUT2D eigenvalue weighted by Crippen LogP contribution is 2.40. The molecule has 9 aromatic rings. The van der Waals surface area contributed by atoms with Gasteiger partial charge >= 0.3 is 0 Å². The van der Waals surface area contributed by atoms with Gasteiger partial charge in [0.05, 0.1) is 17.1 Å². The predicted octanol–water partition coefficient (Wildman–Crippen LogP) is 12.8. The van der Waals surface area contributed by atoms with Crippen LogP contribution in [0.1, 0.15) is 0 Å². The van der Waals surface area contributed by atoms with Crippen molar-refractivity contribution in [3.05, 3.63) is 194 Å². The highest BCUT2D eigenvalue weighted by atomic mass is 14.7. The van der Waals surface area contributed by atoms with Gasteiger partial charge in [-0.05, 0) is 91.8 Å². The van der Waals surface area contributed by atoms with E-state index < -0.39 is 0 Å². The maximum absolute atomic E-state index is 5.16. The van der Waals surface area contributed by atoms with E-state index in [9.17, 15) is 0 Å². The lowest BCUT2D eigenvalue weighted by atomic mass is 9.89. The second-order valence-electron chi connectivity index (χ2n) is 12.6. The summed E-state index contributed by atoms with van der Waals surface area (Å²) in [6, 6.07) is 66.7. The Hall–Kier alpha value is -6.64. The van der Waals surface area contributed by atoms with E-state index >= 15 is 0 Å². The molecule has 7 aromatic carbocycles. The van der Waals surface area contributed by atoms with Gasteiger partial charge < -0.3 is 0 Å². The minimum Gasteiger partial charge on any atom is -0.256 e. The zero-order valence-electron chi connectivity index (χ0n) is 27.4. The van der Waals surface area contributed by atoms with Gasteiger partial charge in [0.15, 0.2) is 0 Å². The first-order valence-electron chi connectivity index (χ1n) is 17.0. The average molecular weight is 637 g/mol. The molecular formula is C48H32N2. The number of hydrogen-bond acceptors (Lipinski definition) is 2. The van der Waals surface area contributed by atoms with Crippen LogP contribution in [0.4, 0.5) is 0 Å². The van der Waals surface area contributed by atoms with Crippen LogP contribution in [-0.4, -0.2) is 9.97 Å². The number of benzene rings is 7. The van der Waals surface area contributed by atoms with Crippen LogP contribution in [-0.2, 0) is 0 Å². The molecule has 0 aliphatic heterocycles. The molecule has 0 aliphatic carbocycles. The second-order valence-corrected chi connectivity index (χ2v) is 12.6. The fourth-order valence-electron chi connectivity index (χ4n) is 6.97. The van der Waals surface area contributed by atoms with Crippen LogP contribution >= 0.6 is 0 Å². The van der Waals surface area contributed by atoms with E-state index in [0.29, 0.717) is 0 Å². The Morgan fingerprint density at radius 2 is 0.800 bits per heavy atom. The lowest BCUT2D eigenvalue weighted by molar-refractivity contribution is 1.32. The molecule has 0 atom stereocenters. The van der Waals surface area contributed by atoms with E-state index in [4.69, 9.17) is 9.97 Å². The minimum atomic E-state index is 0.929. The van der Waals surface area contributed by atoms with Crippen LogP contribution in [0.25, 0.3) is 88.7 Å². The molecule has 0 amide bonds. The summed E-state index contributed by atoms with van der Waals surface area (Å²) < 4.78 is 0. The molecule has 0 radical (unpaired) electrons. The van der Waals surface area contributed by atoms with E-state index in [2.05, 4.69) is 170 Å². The molecule has 0 aliphatic rings. The summed E-state index contributed by atoms with van der Waals surface area (Å²) in [7, 11) is 0. The van der Waals surface area contributed by atoms with Gasteiger partial charge in [-0.15, -0.1) is 0 Å². The Bertz CT molecular complexity index is 2550. The van der Waals surface area contributed by atoms with Crippen LogP contribution in [0.5, 0.6) is 0 Å². The first kappa shape index (κ1) is 29.5. The van der Waals surface area contributed by atoms with E-state index in [0.717, 1.165) is 61.6 Å². The monoisotopic (exact) mass is 636 g/mol. The van der Waals surface area contributed by atoms with Crippen molar-refractivity contribution in [2.24, 2.45) is 0 Å². The van der Waals surface area contributed by atoms with Crippen LogP contribution in [0, 0.1) is 0 Å². The Labute approximate surface area is 292 Å². The van der Waals surface area contributed by atoms with E-state index in [1.807, 2.05) is 24.4 Å². The van der Waals surface area contributed by atoms with Crippen LogP contribution < -0.4 is 0 Å². The van der Waals surface area contributed by atoms with Crippen molar-refractivity contribution >= 4 is 21.5 Å². The fraction of sp³-hybridized carbons (Fsp3) is 0. The molecule has 0 fully saturated rings. The summed E-state index contributed by atoms with van der Waals surface area (Å²) in [6.45, 7) is 0. The molecule has 2 aromatic heterocycles. The smallest absolute Gasteiger partial charge is 0.0715 e. The van der Waals surface area contributed by atoms with Crippen molar-refractivity contribution in [1.82, 2.24) is 9.97 Å². The SMILES string of the molecule is c1ccc(-c2ccc(-c3cc(-c4cc(-c5ccccc5)nc(-c5ccccc5)c4)cc(-c4cc5ccccc5c5ccccc45)c3)nc2)cc1. The first-order chi connectivity index (χ1) is 24.8. The molecule has 0 unspecified atom stereocenters. The normalized spacial score (nSPS) is 11.2. The zero-order valence-corrected chi connectivity index (χ0v) is 27.4. The first-order valence-corrected chi connectivity index (χ1v) is 17.0. The Balaban J connectivity index is 1.28. The molecule has 2 nitrogen and oxygen atoms in total. The maximum Gasteiger partial charge on any atom is 0.0715 e. The summed E-state index contributed by atoms with van der Waals surface area (Å²) in [4.78, 5) is 10.2. The predicted molar refractivity (Wildman–Crippen MR) is 210 cm³/mol. The van der Waals surface area contributed by atoms with Gasteiger partial charge in [-0.1, -0.05) is 146 Å². The van der Waals surface area contributed by atoms with Gasteiger partial charge in [0.1, 0.15) is 0 Å². The molecule has 0 saturated carbocycles. The van der Waals surface area contributed by atoms with Crippen molar-refractivity contribution in [3.63, 3.8) is 0 Å². The van der Waals surface area contributed by atoms with E-state index in [-0.39, 0.29) is 0 Å². The standard InChI is InChI=1S/C48H32N2/c1-4-14-33(15-5-1)37-24-25-46(49-32-37)41-27-38(26-40(28-41)45-29-36-20-10-11-21-42(36)43-22-12-13-23-44(43)45)39-30-47(34-16-6-2-7-17-34)50-48(31-39)35-18-8-3-9-19-35/h1-32H. The van der Waals surface area contributed by atoms with Crippen molar-refractivity contribution in [2.75, 3.05) is 0 Å². The number of nitrogens with zero attached hydrogens (tertiary/aromatic N) is 2.